The van der Waals surface area contributed by atoms with Gasteiger partial charge in [0, 0.05) is 19.4 Å². The third-order valence-corrected chi connectivity index (χ3v) is 5.71. The summed E-state index contributed by atoms with van der Waals surface area (Å²) in [6.45, 7) is -1.30. The number of alkyl halides is 1. The zero-order valence-corrected chi connectivity index (χ0v) is 16.6. The van der Waals surface area contributed by atoms with Crippen LogP contribution in [0.25, 0.3) is 0 Å². The van der Waals surface area contributed by atoms with E-state index < -0.39 is 50.0 Å². The van der Waals surface area contributed by atoms with E-state index in [1.807, 2.05) is 4.98 Å². The Bertz CT molecular complexity index is 1030. The fourth-order valence-electron chi connectivity index (χ4n) is 2.76. The number of nitrogens with one attached hydrogen (secondary N) is 1. The van der Waals surface area contributed by atoms with Gasteiger partial charge in [0.1, 0.15) is 18.8 Å². The largest absolute Gasteiger partial charge is 0.475 e. The molecule has 1 saturated heterocycles. The zero-order chi connectivity index (χ0) is 21.9. The van der Waals surface area contributed by atoms with Crippen molar-refractivity contribution in [1.82, 2.24) is 9.55 Å². The van der Waals surface area contributed by atoms with Crippen LogP contribution < -0.4 is 11.2 Å². The lowest BCUT2D eigenvalue weighted by Gasteiger charge is -2.25. The monoisotopic (exact) mass is 446 g/mol. The number of aromatic nitrogens is 2. The molecule has 2 heterocycles. The lowest BCUT2D eigenvalue weighted by atomic mass is 10.1. The molecule has 1 unspecified atom stereocenters. The Kier molecular flexibility index (Phi) is 6.68. The number of phosphoric ester groups is 1. The molecule has 0 spiro atoms. The van der Waals surface area contributed by atoms with Crippen LogP contribution in [-0.2, 0) is 29.5 Å². The van der Waals surface area contributed by atoms with Crippen LogP contribution in [0.4, 0.5) is 4.39 Å². The highest BCUT2D eigenvalue weighted by atomic mass is 31.2. The highest BCUT2D eigenvalue weighted by molar-refractivity contribution is 7.48. The summed E-state index contributed by atoms with van der Waals surface area (Å²) in [5.74, 6) is -3.05. The molecule has 164 valence electrons. The lowest BCUT2D eigenvalue weighted by Crippen LogP contribution is -2.43. The Morgan fingerprint density at radius 2 is 1.93 bits per heavy atom. The molecule has 5 atom stereocenters. The number of rotatable bonds is 8. The number of aliphatic hydroxyl groups excluding tert-OH is 2. The maximum atomic E-state index is 15.2. The van der Waals surface area contributed by atoms with Crippen molar-refractivity contribution < 1.29 is 37.5 Å². The molecule has 1 aliphatic heterocycles. The molecule has 1 aliphatic rings. The standard InChI is InChI=1S/C17H20FN2O9P/c1-26-30(25,27-9-11-5-3-2-4-6-11)28-10-17(18)14(23)13(22)15(29-17)20-8-7-12(21)19-16(20)24/h2-8,13-15,22-23H,9-10H2,1H3,(H,19,21,24)/t13-,14+,15-,17-,30?/m1/s1. The first-order valence-electron chi connectivity index (χ1n) is 8.70. The molecule has 13 heteroatoms. The highest BCUT2D eigenvalue weighted by Gasteiger charge is 2.57. The van der Waals surface area contributed by atoms with Crippen molar-refractivity contribution in [3.8, 4) is 0 Å². The number of halogens is 1. The molecule has 3 rings (SSSR count). The van der Waals surface area contributed by atoms with Crippen molar-refractivity contribution in [1.29, 1.82) is 0 Å². The van der Waals surface area contributed by atoms with Crippen molar-refractivity contribution in [2.45, 2.75) is 30.9 Å². The van der Waals surface area contributed by atoms with Crippen molar-refractivity contribution in [2.75, 3.05) is 13.7 Å². The minimum Gasteiger partial charge on any atom is -0.385 e. The Morgan fingerprint density at radius 1 is 1.23 bits per heavy atom. The molecule has 30 heavy (non-hydrogen) atoms. The van der Waals surface area contributed by atoms with Crippen molar-refractivity contribution in [3.63, 3.8) is 0 Å². The van der Waals surface area contributed by atoms with Crippen LogP contribution in [0.1, 0.15) is 11.8 Å². The molecule has 0 amide bonds. The number of ether oxygens (including phenoxy) is 1. The molecule has 0 bridgehead atoms. The first kappa shape index (κ1) is 22.5. The number of aliphatic hydroxyl groups is 2. The molecule has 1 fully saturated rings. The van der Waals surface area contributed by atoms with Crippen LogP contribution in [0.5, 0.6) is 0 Å². The summed E-state index contributed by atoms with van der Waals surface area (Å²) in [7, 11) is -3.22. The minimum atomic E-state index is -4.24. The predicted octanol–water partition coefficient (Wildman–Crippen LogP) is 0.441. The van der Waals surface area contributed by atoms with Gasteiger partial charge >= 0.3 is 13.5 Å². The topological polar surface area (TPSA) is 149 Å². The number of phosphoric acid groups is 1. The van der Waals surface area contributed by atoms with E-state index in [-0.39, 0.29) is 6.61 Å². The lowest BCUT2D eigenvalue weighted by molar-refractivity contribution is -0.205. The summed E-state index contributed by atoms with van der Waals surface area (Å²) in [4.78, 5) is 25.0. The maximum absolute atomic E-state index is 15.2. The molecular formula is C17H20FN2O9P. The van der Waals surface area contributed by atoms with E-state index >= 15 is 4.39 Å². The first-order valence-corrected chi connectivity index (χ1v) is 10.2. The van der Waals surface area contributed by atoms with Gasteiger partial charge in [-0.25, -0.2) is 13.8 Å². The van der Waals surface area contributed by atoms with E-state index in [4.69, 9.17) is 18.3 Å². The molecule has 2 aromatic rings. The molecule has 1 aromatic heterocycles. The molecule has 0 saturated carbocycles. The first-order chi connectivity index (χ1) is 14.2. The summed E-state index contributed by atoms with van der Waals surface area (Å²) < 4.78 is 48.2. The minimum absolute atomic E-state index is 0.160. The Morgan fingerprint density at radius 3 is 2.57 bits per heavy atom. The SMILES string of the molecule is COP(=O)(OCc1ccccc1)OC[C@@]1(F)O[C@@H](n2ccc(=O)[nH]c2=O)[C@H](O)[C@@H]1O. The van der Waals surface area contributed by atoms with Gasteiger partial charge in [0.15, 0.2) is 6.23 Å². The van der Waals surface area contributed by atoms with Gasteiger partial charge in [-0.1, -0.05) is 30.3 Å². The van der Waals surface area contributed by atoms with Gasteiger partial charge in [-0.05, 0) is 5.56 Å². The normalized spacial score (nSPS) is 28.3. The van der Waals surface area contributed by atoms with E-state index in [2.05, 4.69) is 0 Å². The van der Waals surface area contributed by atoms with Gasteiger partial charge in [0.25, 0.3) is 11.4 Å². The quantitative estimate of drug-likeness (QED) is 0.491. The summed E-state index contributed by atoms with van der Waals surface area (Å²) >= 11 is 0. The molecule has 1 aromatic carbocycles. The fourth-order valence-corrected chi connectivity index (χ4v) is 3.68. The van der Waals surface area contributed by atoms with Crippen molar-refractivity contribution in [3.05, 3.63) is 69.0 Å². The molecule has 3 N–H and O–H groups in total. The third kappa shape index (κ3) is 4.76. The zero-order valence-electron chi connectivity index (χ0n) is 15.7. The highest BCUT2D eigenvalue weighted by Crippen LogP contribution is 2.51. The van der Waals surface area contributed by atoms with Gasteiger partial charge in [-0.2, -0.15) is 0 Å². The van der Waals surface area contributed by atoms with Crippen molar-refractivity contribution in [2.24, 2.45) is 0 Å². The number of hydrogen-bond acceptors (Lipinski definition) is 9. The van der Waals surface area contributed by atoms with E-state index in [1.54, 1.807) is 30.3 Å². The molecule has 0 radical (unpaired) electrons. The number of hydrogen-bond donors (Lipinski definition) is 3. The van der Waals surface area contributed by atoms with Crippen LogP contribution in [-0.4, -0.2) is 51.5 Å². The van der Waals surface area contributed by atoms with Gasteiger partial charge < -0.3 is 14.9 Å². The van der Waals surface area contributed by atoms with E-state index in [0.717, 1.165) is 19.4 Å². The second-order valence-corrected chi connectivity index (χ2v) is 8.19. The Balaban J connectivity index is 1.70. The second kappa shape index (κ2) is 8.90. The van der Waals surface area contributed by atoms with Crippen LogP contribution in [0.15, 0.2) is 52.2 Å². The maximum Gasteiger partial charge on any atom is 0.475 e. The summed E-state index contributed by atoms with van der Waals surface area (Å²) in [5.41, 5.74) is -1.05. The average Bonchev–Trinajstić information content (AvgIpc) is 2.96. The number of aromatic amines is 1. The second-order valence-electron chi connectivity index (χ2n) is 6.41. The molecular weight excluding hydrogens is 426 g/mol. The van der Waals surface area contributed by atoms with Gasteiger partial charge in [0.2, 0.25) is 0 Å². The van der Waals surface area contributed by atoms with Gasteiger partial charge in [-0.3, -0.25) is 27.9 Å². The van der Waals surface area contributed by atoms with Gasteiger partial charge in [0.05, 0.1) is 6.61 Å². The molecule has 11 nitrogen and oxygen atoms in total. The van der Waals surface area contributed by atoms with Crippen molar-refractivity contribution >= 4 is 7.82 Å². The van der Waals surface area contributed by atoms with Gasteiger partial charge in [-0.15, -0.1) is 0 Å². The third-order valence-electron chi connectivity index (χ3n) is 4.37. The molecule has 0 aliphatic carbocycles. The van der Waals surface area contributed by atoms with E-state index in [0.29, 0.717) is 10.1 Å². The van der Waals surface area contributed by atoms with E-state index in [1.165, 1.54) is 0 Å². The number of benzene rings is 1. The predicted molar refractivity (Wildman–Crippen MR) is 99.1 cm³/mol. The number of nitrogens with zero attached hydrogens (tertiary/aromatic N) is 1. The van der Waals surface area contributed by atoms with Crippen LogP contribution in [0.3, 0.4) is 0 Å². The summed E-state index contributed by atoms with van der Waals surface area (Å²) in [5, 5.41) is 20.2. The van der Waals surface area contributed by atoms with Crippen LogP contribution in [0, 0.1) is 0 Å². The van der Waals surface area contributed by atoms with Crippen LogP contribution >= 0.6 is 7.82 Å². The fraction of sp³-hybridized carbons (Fsp3) is 0.412. The summed E-state index contributed by atoms with van der Waals surface area (Å²) in [6, 6.07) is 9.59. The number of H-pyrrole nitrogens is 1. The average molecular weight is 446 g/mol. The smallest absolute Gasteiger partial charge is 0.385 e. The Hall–Kier alpha value is -2.18. The van der Waals surface area contributed by atoms with E-state index in [9.17, 15) is 24.4 Å². The summed E-state index contributed by atoms with van der Waals surface area (Å²) in [6.07, 6.45) is -4.77. The Labute approximate surface area is 169 Å². The van der Waals surface area contributed by atoms with Crippen LogP contribution in [0.2, 0.25) is 0 Å².